The van der Waals surface area contributed by atoms with Gasteiger partial charge in [0.1, 0.15) is 5.56 Å². The van der Waals surface area contributed by atoms with E-state index in [-0.39, 0.29) is 16.6 Å². The van der Waals surface area contributed by atoms with Crippen molar-refractivity contribution in [2.45, 2.75) is 4.90 Å². The quantitative estimate of drug-likeness (QED) is 0.410. The second kappa shape index (κ2) is 5.95. The SMILES string of the molecule is CSc1ccccc1NC(=O)c1ccc(Cl)[n+]([O-])c1. The van der Waals surface area contributed by atoms with Gasteiger partial charge in [0.15, 0.2) is 6.20 Å². The molecule has 1 heterocycles. The van der Waals surface area contributed by atoms with Crippen LogP contribution in [-0.4, -0.2) is 12.2 Å². The van der Waals surface area contributed by atoms with Gasteiger partial charge in [-0.1, -0.05) is 12.1 Å². The van der Waals surface area contributed by atoms with Gasteiger partial charge in [0.2, 0.25) is 0 Å². The summed E-state index contributed by atoms with van der Waals surface area (Å²) < 4.78 is 0.455. The minimum atomic E-state index is -0.345. The van der Waals surface area contributed by atoms with E-state index in [1.807, 2.05) is 30.5 Å². The molecular weight excluding hydrogens is 284 g/mol. The van der Waals surface area contributed by atoms with E-state index in [2.05, 4.69) is 5.32 Å². The number of carbonyl (C=O) groups excluding carboxylic acids is 1. The molecule has 0 aliphatic rings. The van der Waals surface area contributed by atoms with E-state index in [0.29, 0.717) is 10.4 Å². The van der Waals surface area contributed by atoms with Crippen molar-refractivity contribution >= 4 is 35.0 Å². The van der Waals surface area contributed by atoms with Gasteiger partial charge in [-0.25, -0.2) is 0 Å². The summed E-state index contributed by atoms with van der Waals surface area (Å²) in [5.74, 6) is -0.345. The first kappa shape index (κ1) is 13.7. The molecule has 0 aliphatic heterocycles. The lowest BCUT2D eigenvalue weighted by molar-refractivity contribution is -0.603. The van der Waals surface area contributed by atoms with Crippen LogP contribution < -0.4 is 10.0 Å². The summed E-state index contributed by atoms with van der Waals surface area (Å²) in [6.07, 6.45) is 3.08. The summed E-state index contributed by atoms with van der Waals surface area (Å²) in [7, 11) is 0. The van der Waals surface area contributed by atoms with Crippen LogP contribution in [0.2, 0.25) is 5.15 Å². The predicted octanol–water partition coefficient (Wildman–Crippen LogP) is 2.95. The lowest BCUT2D eigenvalue weighted by Gasteiger charge is -2.09. The summed E-state index contributed by atoms with van der Waals surface area (Å²) in [6, 6.07) is 10.4. The average Bonchev–Trinajstić information content (AvgIpc) is 2.42. The second-order valence-corrected chi connectivity index (χ2v) is 4.96. The maximum atomic E-state index is 12.0. The third-order valence-electron chi connectivity index (χ3n) is 2.48. The summed E-state index contributed by atoms with van der Waals surface area (Å²) >= 11 is 7.14. The molecule has 0 aliphatic carbocycles. The van der Waals surface area contributed by atoms with E-state index < -0.39 is 0 Å². The fourth-order valence-electron chi connectivity index (χ4n) is 1.54. The first-order valence-electron chi connectivity index (χ1n) is 5.45. The van der Waals surface area contributed by atoms with Crippen molar-refractivity contribution in [2.24, 2.45) is 0 Å². The average molecular weight is 295 g/mol. The molecule has 1 aromatic heterocycles. The number of pyridine rings is 1. The zero-order valence-corrected chi connectivity index (χ0v) is 11.7. The van der Waals surface area contributed by atoms with E-state index in [0.717, 1.165) is 11.1 Å². The van der Waals surface area contributed by atoms with Crippen molar-refractivity contribution in [1.29, 1.82) is 0 Å². The highest BCUT2D eigenvalue weighted by Crippen LogP contribution is 2.24. The second-order valence-electron chi connectivity index (χ2n) is 3.72. The van der Waals surface area contributed by atoms with Crippen LogP contribution in [0.25, 0.3) is 0 Å². The summed E-state index contributed by atoms with van der Waals surface area (Å²) in [6.45, 7) is 0. The smallest absolute Gasteiger partial charge is 0.286 e. The Hall–Kier alpha value is -1.72. The molecule has 0 unspecified atom stereocenters. The number of nitrogens with zero attached hydrogens (tertiary/aromatic N) is 1. The number of hydrogen-bond acceptors (Lipinski definition) is 3. The van der Waals surface area contributed by atoms with Gasteiger partial charge in [-0.2, -0.15) is 4.73 Å². The summed E-state index contributed by atoms with van der Waals surface area (Å²) in [4.78, 5) is 13.0. The van der Waals surface area contributed by atoms with E-state index in [4.69, 9.17) is 11.6 Å². The van der Waals surface area contributed by atoms with Crippen molar-refractivity contribution in [3.63, 3.8) is 0 Å². The fourth-order valence-corrected chi connectivity index (χ4v) is 2.21. The molecule has 0 atom stereocenters. The van der Waals surface area contributed by atoms with Gasteiger partial charge in [0, 0.05) is 11.0 Å². The van der Waals surface area contributed by atoms with Gasteiger partial charge in [0.25, 0.3) is 11.1 Å². The molecule has 2 aromatic rings. The molecule has 1 N–H and O–H groups in total. The van der Waals surface area contributed by atoms with Crippen LogP contribution in [0, 0.1) is 5.21 Å². The van der Waals surface area contributed by atoms with Crippen LogP contribution in [0.3, 0.4) is 0 Å². The van der Waals surface area contributed by atoms with Crippen molar-refractivity contribution in [2.75, 3.05) is 11.6 Å². The molecule has 4 nitrogen and oxygen atoms in total. The van der Waals surface area contributed by atoms with Gasteiger partial charge < -0.3 is 10.5 Å². The molecule has 2 rings (SSSR count). The first-order valence-corrected chi connectivity index (χ1v) is 7.05. The number of rotatable bonds is 3. The standard InChI is InChI=1S/C13H11ClN2O2S/c1-19-11-5-3-2-4-10(11)15-13(17)9-6-7-12(14)16(18)8-9/h2-8H,1H3,(H,15,17). The largest absolute Gasteiger partial charge is 0.618 e. The van der Waals surface area contributed by atoms with E-state index >= 15 is 0 Å². The van der Waals surface area contributed by atoms with Crippen molar-refractivity contribution in [3.05, 3.63) is 58.5 Å². The number of hydrogen-bond donors (Lipinski definition) is 1. The molecule has 0 fully saturated rings. The minimum Gasteiger partial charge on any atom is -0.618 e. The van der Waals surface area contributed by atoms with Crippen LogP contribution >= 0.6 is 23.4 Å². The molecule has 0 saturated carbocycles. The number of benzene rings is 1. The van der Waals surface area contributed by atoms with Crippen LogP contribution in [0.5, 0.6) is 0 Å². The molecule has 98 valence electrons. The maximum absolute atomic E-state index is 12.0. The summed E-state index contributed by atoms with van der Waals surface area (Å²) in [5.41, 5.74) is 0.975. The Morgan fingerprint density at radius 1 is 1.32 bits per heavy atom. The van der Waals surface area contributed by atoms with E-state index in [1.165, 1.54) is 23.9 Å². The minimum absolute atomic E-state index is 0.0288. The Morgan fingerprint density at radius 2 is 2.05 bits per heavy atom. The van der Waals surface area contributed by atoms with Crippen molar-refractivity contribution in [3.8, 4) is 0 Å². The molecule has 0 bridgehead atoms. The van der Waals surface area contributed by atoms with Crippen molar-refractivity contribution in [1.82, 2.24) is 0 Å². The number of carbonyl (C=O) groups is 1. The normalized spacial score (nSPS) is 10.2. The predicted molar refractivity (Wildman–Crippen MR) is 76.6 cm³/mol. The molecule has 0 radical (unpaired) electrons. The van der Waals surface area contributed by atoms with Crippen LogP contribution in [0.15, 0.2) is 47.5 Å². The Balaban J connectivity index is 2.23. The van der Waals surface area contributed by atoms with Crippen LogP contribution in [0.4, 0.5) is 5.69 Å². The van der Waals surface area contributed by atoms with Gasteiger partial charge in [0.05, 0.1) is 5.69 Å². The summed E-state index contributed by atoms with van der Waals surface area (Å²) in [5, 5.41) is 14.1. The number of nitrogens with one attached hydrogen (secondary N) is 1. The first-order chi connectivity index (χ1) is 9.11. The number of anilines is 1. The topological polar surface area (TPSA) is 56.0 Å². The molecule has 6 heteroatoms. The number of halogens is 1. The maximum Gasteiger partial charge on any atom is 0.286 e. The highest BCUT2D eigenvalue weighted by atomic mass is 35.5. The molecule has 1 amide bonds. The third-order valence-corrected chi connectivity index (χ3v) is 3.57. The Kier molecular flexibility index (Phi) is 4.29. The molecule has 1 aromatic carbocycles. The lowest BCUT2D eigenvalue weighted by Crippen LogP contribution is -2.29. The Bertz CT molecular complexity index is 619. The number of thioether (sulfide) groups is 1. The van der Waals surface area contributed by atoms with Gasteiger partial charge in [-0.3, -0.25) is 4.79 Å². The Labute approximate surface area is 120 Å². The molecule has 19 heavy (non-hydrogen) atoms. The van der Waals surface area contributed by atoms with Gasteiger partial charge in [-0.15, -0.1) is 11.8 Å². The number of amides is 1. The van der Waals surface area contributed by atoms with Crippen LogP contribution in [-0.2, 0) is 0 Å². The van der Waals surface area contributed by atoms with Gasteiger partial charge in [-0.05, 0) is 36.1 Å². The number of para-hydroxylation sites is 1. The Morgan fingerprint density at radius 3 is 2.74 bits per heavy atom. The molecule has 0 saturated heterocycles. The van der Waals surface area contributed by atoms with Gasteiger partial charge >= 0.3 is 0 Å². The van der Waals surface area contributed by atoms with E-state index in [1.54, 1.807) is 0 Å². The molecular formula is C13H11ClN2O2S. The monoisotopic (exact) mass is 294 g/mol. The fraction of sp³-hybridized carbons (Fsp3) is 0.0769. The van der Waals surface area contributed by atoms with Crippen LogP contribution in [0.1, 0.15) is 10.4 Å². The molecule has 0 spiro atoms. The van der Waals surface area contributed by atoms with E-state index in [9.17, 15) is 10.0 Å². The zero-order chi connectivity index (χ0) is 13.8. The lowest BCUT2D eigenvalue weighted by atomic mass is 10.2. The third kappa shape index (κ3) is 3.19. The van der Waals surface area contributed by atoms with Crippen molar-refractivity contribution < 1.29 is 9.52 Å². The number of aromatic nitrogens is 1. The zero-order valence-electron chi connectivity index (χ0n) is 10.1. The highest BCUT2D eigenvalue weighted by Gasteiger charge is 2.12. The highest BCUT2D eigenvalue weighted by molar-refractivity contribution is 7.98.